The summed E-state index contributed by atoms with van der Waals surface area (Å²) >= 11 is 1.11. The number of H-pyrrole nitrogens is 1. The number of nitrogens with two attached hydrogens (primary N) is 1. The van der Waals surface area contributed by atoms with Gasteiger partial charge in [0.15, 0.2) is 0 Å². The Morgan fingerprint density at radius 2 is 2.29 bits per heavy atom. The molecule has 0 aliphatic heterocycles. The number of anilines is 1. The highest BCUT2D eigenvalue weighted by Gasteiger charge is 2.18. The van der Waals surface area contributed by atoms with E-state index >= 15 is 0 Å². The molecule has 0 spiro atoms. The number of urea groups is 1. The van der Waals surface area contributed by atoms with E-state index < -0.39 is 17.2 Å². The maximum absolute atomic E-state index is 11.5. The van der Waals surface area contributed by atoms with Crippen molar-refractivity contribution >= 4 is 29.6 Å². The van der Waals surface area contributed by atoms with Crippen molar-refractivity contribution in [2.24, 2.45) is 0 Å². The topological polar surface area (TPSA) is 126 Å². The summed E-state index contributed by atoms with van der Waals surface area (Å²) in [7, 11) is 0. The summed E-state index contributed by atoms with van der Waals surface area (Å²) in [4.78, 5) is 26.5. The van der Waals surface area contributed by atoms with Gasteiger partial charge in [-0.15, -0.1) is 5.10 Å². The van der Waals surface area contributed by atoms with Crippen LogP contribution in [-0.4, -0.2) is 38.9 Å². The predicted molar refractivity (Wildman–Crippen MR) is 63.3 cm³/mol. The molecule has 0 aliphatic rings. The minimum absolute atomic E-state index is 0.184. The summed E-state index contributed by atoms with van der Waals surface area (Å²) in [6.45, 7) is 3.86. The fourth-order valence-corrected chi connectivity index (χ4v) is 1.67. The zero-order valence-electron chi connectivity index (χ0n) is 9.48. The molecule has 1 heterocycles. The van der Waals surface area contributed by atoms with Crippen molar-refractivity contribution in [3.8, 4) is 0 Å². The van der Waals surface area contributed by atoms with E-state index in [9.17, 15) is 9.59 Å². The Morgan fingerprint density at radius 1 is 1.59 bits per heavy atom. The van der Waals surface area contributed by atoms with E-state index in [0.717, 1.165) is 11.8 Å². The van der Waals surface area contributed by atoms with E-state index in [1.165, 1.54) is 0 Å². The van der Waals surface area contributed by atoms with Gasteiger partial charge in [-0.3, -0.25) is 10.1 Å². The van der Waals surface area contributed by atoms with Crippen LogP contribution in [0.15, 0.2) is 5.16 Å². The first kappa shape index (κ1) is 13.3. The van der Waals surface area contributed by atoms with Crippen molar-refractivity contribution in [1.82, 2.24) is 25.8 Å². The number of aromatic amines is 1. The molecule has 0 aromatic carbocycles. The molecular weight excluding hydrogens is 244 g/mol. The van der Waals surface area contributed by atoms with Gasteiger partial charge in [0.1, 0.15) is 0 Å². The molecule has 0 radical (unpaired) electrons. The van der Waals surface area contributed by atoms with Crippen LogP contribution in [0.3, 0.4) is 0 Å². The lowest BCUT2D eigenvalue weighted by atomic mass is 10.4. The number of carbonyl (C=O) groups is 2. The van der Waals surface area contributed by atoms with Crippen LogP contribution in [-0.2, 0) is 4.79 Å². The average molecular weight is 258 g/mol. The number of nitrogen functional groups attached to an aromatic ring is 1. The number of hydrogen-bond donors (Lipinski definition) is 4. The monoisotopic (exact) mass is 258 g/mol. The predicted octanol–water partition coefficient (Wildman–Crippen LogP) is -0.287. The standard InChI is InChI=1S/C8H14N6O2S/c1-3-10-7(16)11-5(15)4(2)17-8-12-6(9)13-14-8/h4H,3H2,1-2H3,(H3,9,12,13,14)(H2,10,11,15,16). The molecule has 0 saturated heterocycles. The number of aromatic nitrogens is 3. The molecule has 1 atom stereocenters. The van der Waals surface area contributed by atoms with Crippen LogP contribution in [0.5, 0.6) is 0 Å². The van der Waals surface area contributed by atoms with Crippen molar-refractivity contribution in [2.75, 3.05) is 12.3 Å². The van der Waals surface area contributed by atoms with Gasteiger partial charge < -0.3 is 11.1 Å². The van der Waals surface area contributed by atoms with Crippen LogP contribution in [0, 0.1) is 0 Å². The van der Waals surface area contributed by atoms with Crippen molar-refractivity contribution < 1.29 is 9.59 Å². The number of amides is 3. The van der Waals surface area contributed by atoms with Gasteiger partial charge in [-0.1, -0.05) is 11.8 Å². The Bertz CT molecular complexity index is 406. The molecule has 3 amide bonds. The van der Waals surface area contributed by atoms with Crippen molar-refractivity contribution in [2.45, 2.75) is 24.3 Å². The van der Waals surface area contributed by atoms with E-state index in [0.29, 0.717) is 11.7 Å². The highest BCUT2D eigenvalue weighted by molar-refractivity contribution is 8.00. The van der Waals surface area contributed by atoms with E-state index in [4.69, 9.17) is 5.73 Å². The summed E-state index contributed by atoms with van der Waals surface area (Å²) in [6.07, 6.45) is 0. The second kappa shape index (κ2) is 6.09. The number of nitrogens with zero attached hydrogens (tertiary/aromatic N) is 2. The smallest absolute Gasteiger partial charge is 0.321 e. The molecule has 0 aliphatic carbocycles. The number of nitrogens with one attached hydrogen (secondary N) is 3. The fourth-order valence-electron chi connectivity index (χ4n) is 0.941. The Hall–Kier alpha value is -1.77. The zero-order valence-corrected chi connectivity index (χ0v) is 10.3. The minimum atomic E-state index is -0.514. The highest BCUT2D eigenvalue weighted by atomic mass is 32.2. The van der Waals surface area contributed by atoms with Gasteiger partial charge in [-0.2, -0.15) is 4.98 Å². The van der Waals surface area contributed by atoms with Gasteiger partial charge in [-0.25, -0.2) is 9.89 Å². The number of carbonyl (C=O) groups excluding carboxylic acids is 2. The largest absolute Gasteiger partial charge is 0.368 e. The van der Waals surface area contributed by atoms with Crippen LogP contribution in [0.25, 0.3) is 0 Å². The molecule has 0 bridgehead atoms. The lowest BCUT2D eigenvalue weighted by Gasteiger charge is -2.09. The third kappa shape index (κ3) is 4.31. The van der Waals surface area contributed by atoms with Crippen molar-refractivity contribution in [3.63, 3.8) is 0 Å². The molecule has 1 unspecified atom stereocenters. The summed E-state index contributed by atoms with van der Waals surface area (Å²) in [5.41, 5.74) is 5.34. The van der Waals surface area contributed by atoms with Crippen LogP contribution < -0.4 is 16.4 Å². The fraction of sp³-hybridized carbons (Fsp3) is 0.500. The number of hydrogen-bond acceptors (Lipinski definition) is 6. The van der Waals surface area contributed by atoms with Gasteiger partial charge in [0.2, 0.25) is 17.0 Å². The summed E-state index contributed by atoms with van der Waals surface area (Å²) in [5, 5.41) is 10.8. The molecule has 1 aromatic rings. The van der Waals surface area contributed by atoms with Gasteiger partial charge in [0.25, 0.3) is 0 Å². The quantitative estimate of drug-likeness (QED) is 0.550. The lowest BCUT2D eigenvalue weighted by molar-refractivity contribution is -0.119. The second-order valence-corrected chi connectivity index (χ2v) is 4.42. The van der Waals surface area contributed by atoms with E-state index in [-0.39, 0.29) is 5.95 Å². The first-order chi connectivity index (χ1) is 8.02. The van der Waals surface area contributed by atoms with Crippen LogP contribution >= 0.6 is 11.8 Å². The molecule has 0 saturated carbocycles. The Labute approximate surface area is 102 Å². The van der Waals surface area contributed by atoms with E-state index in [1.807, 2.05) is 0 Å². The first-order valence-corrected chi connectivity index (χ1v) is 5.84. The molecule has 1 rings (SSSR count). The normalized spacial score (nSPS) is 11.9. The second-order valence-electron chi connectivity index (χ2n) is 3.11. The lowest BCUT2D eigenvalue weighted by Crippen LogP contribution is -2.42. The Morgan fingerprint density at radius 3 is 2.82 bits per heavy atom. The van der Waals surface area contributed by atoms with Gasteiger partial charge >= 0.3 is 6.03 Å². The SMILES string of the molecule is CCNC(=O)NC(=O)C(C)Sc1n[nH]c(N)n1. The summed E-state index contributed by atoms with van der Waals surface area (Å²) < 4.78 is 0. The third-order valence-electron chi connectivity index (χ3n) is 1.71. The highest BCUT2D eigenvalue weighted by Crippen LogP contribution is 2.19. The number of thioether (sulfide) groups is 1. The van der Waals surface area contributed by atoms with Crippen LogP contribution in [0.2, 0.25) is 0 Å². The Balaban J connectivity index is 2.44. The molecule has 94 valence electrons. The van der Waals surface area contributed by atoms with Crippen molar-refractivity contribution in [3.05, 3.63) is 0 Å². The molecule has 1 aromatic heterocycles. The summed E-state index contributed by atoms with van der Waals surface area (Å²) in [5.74, 6) is -0.229. The zero-order chi connectivity index (χ0) is 12.8. The molecule has 9 heteroatoms. The molecular formula is C8H14N6O2S. The first-order valence-electron chi connectivity index (χ1n) is 4.96. The maximum atomic E-state index is 11.5. The average Bonchev–Trinajstić information content (AvgIpc) is 2.64. The van der Waals surface area contributed by atoms with Crippen LogP contribution in [0.4, 0.5) is 10.7 Å². The van der Waals surface area contributed by atoms with Crippen molar-refractivity contribution in [1.29, 1.82) is 0 Å². The van der Waals surface area contributed by atoms with Gasteiger partial charge in [0.05, 0.1) is 5.25 Å². The third-order valence-corrected chi connectivity index (χ3v) is 2.67. The van der Waals surface area contributed by atoms with Crippen LogP contribution in [0.1, 0.15) is 13.8 Å². The maximum Gasteiger partial charge on any atom is 0.321 e. The molecule has 5 N–H and O–H groups in total. The molecule has 17 heavy (non-hydrogen) atoms. The number of rotatable bonds is 4. The minimum Gasteiger partial charge on any atom is -0.368 e. The van der Waals surface area contributed by atoms with Gasteiger partial charge in [-0.05, 0) is 13.8 Å². The van der Waals surface area contributed by atoms with E-state index in [1.54, 1.807) is 13.8 Å². The van der Waals surface area contributed by atoms with Gasteiger partial charge in [0, 0.05) is 6.54 Å². The molecule has 0 fully saturated rings. The van der Waals surface area contributed by atoms with E-state index in [2.05, 4.69) is 25.8 Å². The Kier molecular flexibility index (Phi) is 4.76. The number of imide groups is 1. The molecule has 8 nitrogen and oxygen atoms in total. The summed E-state index contributed by atoms with van der Waals surface area (Å²) in [6, 6.07) is -0.514.